The minimum atomic E-state index is 0.0428. The van der Waals surface area contributed by atoms with Crippen LogP contribution in [-0.2, 0) is 6.42 Å². The lowest BCUT2D eigenvalue weighted by Crippen LogP contribution is -2.50. The van der Waals surface area contributed by atoms with Gasteiger partial charge in [-0.1, -0.05) is 163 Å². The molecule has 0 unspecified atom stereocenters. The quantitative estimate of drug-likeness (QED) is 0.128. The lowest BCUT2D eigenvalue weighted by atomic mass is 9.47. The summed E-state index contributed by atoms with van der Waals surface area (Å²) in [5.74, 6) is 12.3. The van der Waals surface area contributed by atoms with E-state index in [9.17, 15) is 10.2 Å². The first-order chi connectivity index (χ1) is 37.4. The van der Waals surface area contributed by atoms with Gasteiger partial charge in [0.15, 0.2) is 0 Å². The second-order valence-corrected chi connectivity index (χ2v) is 35.8. The third-order valence-corrected chi connectivity index (χ3v) is 31.4. The number of thioether (sulfide) groups is 2. The number of benzene rings is 1. The summed E-state index contributed by atoms with van der Waals surface area (Å²) in [5, 5.41) is 26.7. The van der Waals surface area contributed by atoms with Gasteiger partial charge in [0.05, 0.1) is 9.79 Å². The fourth-order valence-electron chi connectivity index (χ4n) is 23.5. The van der Waals surface area contributed by atoms with Gasteiger partial charge in [-0.25, -0.2) is 0 Å². The molecule has 10 aliphatic rings. The van der Waals surface area contributed by atoms with Crippen LogP contribution in [0.2, 0.25) is 0 Å². The highest BCUT2D eigenvalue weighted by Crippen LogP contribution is 2.71. The number of hydrogen-bond acceptors (Lipinski definition) is 4. The normalized spacial score (nSPS) is 44.3. The molecule has 7 saturated carbocycles. The van der Waals surface area contributed by atoms with Gasteiger partial charge in [-0.3, -0.25) is 0 Å². The van der Waals surface area contributed by atoms with E-state index in [-0.39, 0.29) is 10.8 Å². The van der Waals surface area contributed by atoms with Crippen molar-refractivity contribution in [1.82, 2.24) is 0 Å². The summed E-state index contributed by atoms with van der Waals surface area (Å²) in [6.07, 6.45) is 43.5. The van der Waals surface area contributed by atoms with Crippen LogP contribution in [0.5, 0.6) is 11.5 Å². The van der Waals surface area contributed by atoms with Crippen molar-refractivity contribution in [2.24, 2.45) is 115 Å². The zero-order valence-corrected chi connectivity index (χ0v) is 55.0. The van der Waals surface area contributed by atoms with Crippen molar-refractivity contribution in [3.05, 3.63) is 46.6 Å². The number of allylic oxidation sites excluding steroid dienone is 6. The highest BCUT2D eigenvalue weighted by atomic mass is 32.2. The van der Waals surface area contributed by atoms with Crippen LogP contribution in [0.3, 0.4) is 0 Å². The van der Waals surface area contributed by atoms with Gasteiger partial charge in [-0.05, 0) is 269 Å². The summed E-state index contributed by atoms with van der Waals surface area (Å²) in [4.78, 5) is 2.02. The third kappa shape index (κ3) is 10.3. The maximum Gasteiger partial charge on any atom is 0.133 e. The summed E-state index contributed by atoms with van der Waals surface area (Å²) < 4.78 is 0. The summed E-state index contributed by atoms with van der Waals surface area (Å²) in [5.41, 5.74) is 7.95. The van der Waals surface area contributed by atoms with Crippen LogP contribution < -0.4 is 0 Å². The van der Waals surface area contributed by atoms with Crippen LogP contribution in [0.15, 0.2) is 50.8 Å². The van der Waals surface area contributed by atoms with E-state index in [0.29, 0.717) is 55.5 Å². The molecule has 0 bridgehead atoms. The van der Waals surface area contributed by atoms with Gasteiger partial charge in [-0.2, -0.15) is 0 Å². The van der Waals surface area contributed by atoms with Crippen LogP contribution in [0, 0.1) is 115 Å². The molecule has 442 valence electrons. The van der Waals surface area contributed by atoms with Gasteiger partial charge in [0.1, 0.15) is 11.5 Å². The molecule has 20 atom stereocenters. The van der Waals surface area contributed by atoms with Crippen molar-refractivity contribution >= 4 is 23.5 Å². The van der Waals surface area contributed by atoms with Crippen molar-refractivity contribution in [3.8, 4) is 11.5 Å². The van der Waals surface area contributed by atoms with E-state index < -0.39 is 0 Å². The molecule has 0 radical (unpaired) electrons. The van der Waals surface area contributed by atoms with E-state index in [1.165, 1.54) is 148 Å². The Morgan fingerprint density at radius 1 is 0.544 bits per heavy atom. The number of hydrogen-bond donors (Lipinski definition) is 2. The van der Waals surface area contributed by atoms with E-state index in [0.717, 1.165) is 112 Å². The van der Waals surface area contributed by atoms with Gasteiger partial charge >= 0.3 is 0 Å². The van der Waals surface area contributed by atoms with Crippen molar-refractivity contribution in [3.63, 3.8) is 0 Å². The van der Waals surface area contributed by atoms with E-state index in [4.69, 9.17) is 0 Å². The van der Waals surface area contributed by atoms with Crippen LogP contribution in [0.4, 0.5) is 0 Å². The number of phenols is 2. The minimum Gasteiger partial charge on any atom is -0.507 e. The average Bonchev–Trinajstić information content (AvgIpc) is 3.99. The van der Waals surface area contributed by atoms with E-state index >= 15 is 0 Å². The number of fused-ring (bicyclic) bond motifs is 11. The molecule has 1 aromatic rings. The van der Waals surface area contributed by atoms with Crippen LogP contribution >= 0.6 is 23.5 Å². The first-order valence-corrected chi connectivity index (χ1v) is 36.2. The Morgan fingerprint density at radius 3 is 1.54 bits per heavy atom. The number of rotatable bonds is 16. The molecule has 0 aliphatic heterocycles. The first-order valence-electron chi connectivity index (χ1n) is 34.4. The Kier molecular flexibility index (Phi) is 17.0. The lowest BCUT2D eigenvalue weighted by molar-refractivity contribution is -0.0498. The minimum absolute atomic E-state index is 0.0428. The van der Waals surface area contributed by atoms with Crippen molar-refractivity contribution < 1.29 is 10.2 Å². The molecular weight excluding hydrogens is 997 g/mol. The summed E-state index contributed by atoms with van der Waals surface area (Å²) >= 11 is 3.95. The lowest BCUT2D eigenvalue weighted by Gasteiger charge is -2.58. The second kappa shape index (κ2) is 22.5. The standard InChI is InChI=1S/C75H118O2S2/c1-46(2)18-15-20-48(5)59-28-30-61-57-26-24-53-43-55(33-38-71(53,10)63(57)35-40-73(59,61)12)78-68-65(76)42-52(45-75(14)51(8)32-37-70(9)50(7)22-17-23-66(70)75)67(77)69(68)79-56-34-39-72(11)54(44-56)25-27-58-62-31-29-60(49(6)21-16-19-47(3)4)74(62,13)41-36-64(58)72/h22,24-25,42,46-49,51,55-64,66,76-77H,15-21,23,26-41,43-45H2,1-14H3/t48-,49-,51+,55+,56+,57+,58+,59-,60-,61+,62+,63+,64+,66-,70-,71+,72+,73-,74-,75-/m1/s1. The fraction of sp³-hybridized carbons (Fsp3) is 0.840. The molecule has 10 aliphatic carbocycles. The Balaban J connectivity index is 0.840. The smallest absolute Gasteiger partial charge is 0.133 e. The molecule has 79 heavy (non-hydrogen) atoms. The topological polar surface area (TPSA) is 40.5 Å². The zero-order chi connectivity index (χ0) is 56.2. The summed E-state index contributed by atoms with van der Waals surface area (Å²) in [6.45, 7) is 35.8. The summed E-state index contributed by atoms with van der Waals surface area (Å²) in [6, 6.07) is 2.08. The predicted octanol–water partition coefficient (Wildman–Crippen LogP) is 22.4. The molecule has 11 rings (SSSR count). The molecule has 7 fully saturated rings. The maximum absolute atomic E-state index is 13.2. The molecule has 0 spiro atoms. The van der Waals surface area contributed by atoms with Crippen LogP contribution in [-0.4, -0.2) is 20.7 Å². The Morgan fingerprint density at radius 2 is 1.04 bits per heavy atom. The van der Waals surface area contributed by atoms with Gasteiger partial charge in [0, 0.05) is 10.5 Å². The highest BCUT2D eigenvalue weighted by Gasteiger charge is 2.62. The van der Waals surface area contributed by atoms with Crippen LogP contribution in [0.25, 0.3) is 0 Å². The van der Waals surface area contributed by atoms with Crippen LogP contribution in [0.1, 0.15) is 269 Å². The second-order valence-electron chi connectivity index (χ2n) is 33.2. The molecule has 1 aromatic carbocycles. The Hall–Kier alpha value is -1.26. The first kappa shape index (κ1) is 59.5. The van der Waals surface area contributed by atoms with Crippen molar-refractivity contribution in [2.75, 3.05) is 0 Å². The van der Waals surface area contributed by atoms with E-state index in [1.807, 2.05) is 23.5 Å². The molecule has 0 heterocycles. The SMILES string of the molecule is CC1=CCC[C@H]2[C@](C)(Cc3cc(O)c(S[C@H]4CC[C@@]5(C)C(=CC[C@H]6[C@@H]7CC[C@H]([C@H](C)CCCC(C)C)[C@@]7(C)CC[C@@H]65)C4)c(S[C@H]4CC[C@@]5(C)C(=CC[C@H]6[C@@H]7CC[C@H]([C@H](C)CCCC(C)C)[C@@]7(C)CC[C@@H]65)C4)c3O)[C@@H](C)CC[C@]12C. The Labute approximate surface area is 494 Å². The monoisotopic (exact) mass is 1110 g/mol. The van der Waals surface area contributed by atoms with E-state index in [2.05, 4.69) is 121 Å². The van der Waals surface area contributed by atoms with Gasteiger partial charge in [-0.15, -0.1) is 23.5 Å². The van der Waals surface area contributed by atoms with Crippen molar-refractivity contribution in [2.45, 2.75) is 291 Å². The van der Waals surface area contributed by atoms with Crippen molar-refractivity contribution in [1.29, 1.82) is 0 Å². The highest BCUT2D eigenvalue weighted by molar-refractivity contribution is 8.03. The van der Waals surface area contributed by atoms with Gasteiger partial charge in [0.2, 0.25) is 0 Å². The number of phenolic OH excluding ortho intramolecular Hbond substituents is 2. The molecule has 0 saturated heterocycles. The molecule has 0 aromatic heterocycles. The predicted molar refractivity (Wildman–Crippen MR) is 340 cm³/mol. The average molecular weight is 1120 g/mol. The van der Waals surface area contributed by atoms with Gasteiger partial charge < -0.3 is 10.2 Å². The molecule has 4 heteroatoms. The molecular formula is C75H118O2S2. The fourth-order valence-corrected chi connectivity index (χ4v) is 26.3. The molecule has 2 nitrogen and oxygen atoms in total. The number of aromatic hydroxyl groups is 2. The maximum atomic E-state index is 13.2. The Bertz CT molecular complexity index is 2460. The van der Waals surface area contributed by atoms with E-state index in [1.54, 1.807) is 16.7 Å². The molecule has 0 amide bonds. The zero-order valence-electron chi connectivity index (χ0n) is 53.3. The molecule has 2 N–H and O–H groups in total. The largest absolute Gasteiger partial charge is 0.507 e. The summed E-state index contributed by atoms with van der Waals surface area (Å²) in [7, 11) is 0. The third-order valence-electron chi connectivity index (χ3n) is 28.5. The van der Waals surface area contributed by atoms with Gasteiger partial charge in [0.25, 0.3) is 0 Å².